The molecule has 0 amide bonds. The Bertz CT molecular complexity index is 322. The highest BCUT2D eigenvalue weighted by Crippen LogP contribution is 2.23. The highest BCUT2D eigenvalue weighted by atomic mass is 32.2. The molecule has 2 fully saturated rings. The molecule has 0 aromatic rings. The average molecular weight is 247 g/mol. The van der Waals surface area contributed by atoms with Crippen molar-refractivity contribution in [1.29, 1.82) is 0 Å². The molecule has 5 heteroatoms. The maximum Gasteiger partial charge on any atom is 0.154 e. The summed E-state index contributed by atoms with van der Waals surface area (Å²) in [6, 6.07) is -0.244. The molecule has 16 heavy (non-hydrogen) atoms. The van der Waals surface area contributed by atoms with Crippen molar-refractivity contribution < 1.29 is 13.5 Å². The molecule has 1 aliphatic carbocycles. The van der Waals surface area contributed by atoms with Gasteiger partial charge in [0.2, 0.25) is 0 Å². The minimum atomic E-state index is -3.01. The fourth-order valence-electron chi connectivity index (χ4n) is 2.73. The maximum absolute atomic E-state index is 11.3. The van der Waals surface area contributed by atoms with Gasteiger partial charge in [-0.2, -0.15) is 0 Å². The molecule has 1 heterocycles. The van der Waals surface area contributed by atoms with Crippen LogP contribution in [0.5, 0.6) is 0 Å². The fourth-order valence-corrected chi connectivity index (χ4v) is 4.51. The molecule has 2 atom stereocenters. The Balaban J connectivity index is 1.77. The van der Waals surface area contributed by atoms with Gasteiger partial charge in [0, 0.05) is 6.04 Å². The van der Waals surface area contributed by atoms with Crippen molar-refractivity contribution in [1.82, 2.24) is 5.32 Å². The summed E-state index contributed by atoms with van der Waals surface area (Å²) in [4.78, 5) is 0. The van der Waals surface area contributed by atoms with Gasteiger partial charge >= 0.3 is 0 Å². The normalized spacial score (nSPS) is 35.3. The van der Waals surface area contributed by atoms with Crippen LogP contribution in [0.25, 0.3) is 0 Å². The zero-order valence-electron chi connectivity index (χ0n) is 9.56. The highest BCUT2D eigenvalue weighted by Gasteiger charge is 2.36. The summed E-state index contributed by atoms with van der Waals surface area (Å²) >= 11 is 0. The van der Waals surface area contributed by atoms with Gasteiger partial charge in [0.1, 0.15) is 0 Å². The molecule has 2 aliphatic rings. The van der Waals surface area contributed by atoms with Gasteiger partial charge in [-0.25, -0.2) is 8.42 Å². The van der Waals surface area contributed by atoms with Crippen molar-refractivity contribution in [2.24, 2.45) is 5.92 Å². The van der Waals surface area contributed by atoms with Crippen LogP contribution in [0.15, 0.2) is 0 Å². The van der Waals surface area contributed by atoms with Crippen LogP contribution in [0.3, 0.4) is 0 Å². The molecule has 1 saturated carbocycles. The van der Waals surface area contributed by atoms with Crippen molar-refractivity contribution in [3.8, 4) is 0 Å². The third-order valence-corrected chi connectivity index (χ3v) is 5.43. The number of nitrogens with one attached hydrogen (secondary N) is 1. The van der Waals surface area contributed by atoms with E-state index in [-0.39, 0.29) is 17.5 Å². The first kappa shape index (κ1) is 12.3. The van der Waals surface area contributed by atoms with E-state index in [4.69, 9.17) is 0 Å². The number of sulfone groups is 1. The zero-order chi connectivity index (χ0) is 11.6. The fraction of sp³-hybridized carbons (Fsp3) is 1.00. The Morgan fingerprint density at radius 1 is 1.12 bits per heavy atom. The molecule has 0 bridgehead atoms. The van der Waals surface area contributed by atoms with Crippen LogP contribution in [0, 0.1) is 5.92 Å². The summed E-state index contributed by atoms with van der Waals surface area (Å²) in [7, 11) is -3.01. The van der Waals surface area contributed by atoms with Gasteiger partial charge in [-0.3, -0.25) is 0 Å². The lowest BCUT2D eigenvalue weighted by atomic mass is 9.89. The second-order valence-corrected chi connectivity index (χ2v) is 7.32. The molecule has 2 rings (SSSR count). The van der Waals surface area contributed by atoms with E-state index in [1.807, 2.05) is 0 Å². The van der Waals surface area contributed by atoms with Crippen LogP contribution >= 0.6 is 0 Å². The number of aliphatic hydroxyl groups excluding tert-OH is 1. The summed E-state index contributed by atoms with van der Waals surface area (Å²) in [5.41, 5.74) is 0. The van der Waals surface area contributed by atoms with E-state index in [1.54, 1.807) is 0 Å². The summed E-state index contributed by atoms with van der Waals surface area (Å²) < 4.78 is 22.6. The van der Waals surface area contributed by atoms with Crippen LogP contribution < -0.4 is 5.32 Å². The number of hydrogen-bond acceptors (Lipinski definition) is 4. The molecule has 4 nitrogen and oxygen atoms in total. The van der Waals surface area contributed by atoms with Crippen molar-refractivity contribution >= 4 is 9.84 Å². The van der Waals surface area contributed by atoms with Crippen LogP contribution in [0.1, 0.15) is 32.1 Å². The Kier molecular flexibility index (Phi) is 3.87. The van der Waals surface area contributed by atoms with Crippen LogP contribution in [0.2, 0.25) is 0 Å². The number of hydrogen-bond donors (Lipinski definition) is 2. The van der Waals surface area contributed by atoms with Crippen LogP contribution in [0.4, 0.5) is 0 Å². The summed E-state index contributed by atoms with van der Waals surface area (Å²) in [5.74, 6) is 0.695. The molecule has 0 aromatic heterocycles. The first-order valence-electron chi connectivity index (χ1n) is 6.19. The molecular weight excluding hydrogens is 226 g/mol. The van der Waals surface area contributed by atoms with Crippen LogP contribution in [-0.4, -0.2) is 43.7 Å². The van der Waals surface area contributed by atoms with E-state index in [1.165, 1.54) is 32.1 Å². The SMILES string of the molecule is O=S1(=O)CC(O)C(NCC2CCCCC2)C1. The molecule has 1 aliphatic heterocycles. The molecule has 0 spiro atoms. The van der Waals surface area contributed by atoms with Crippen molar-refractivity contribution in [2.45, 2.75) is 44.2 Å². The van der Waals surface area contributed by atoms with Gasteiger partial charge in [0.15, 0.2) is 9.84 Å². The molecule has 1 saturated heterocycles. The van der Waals surface area contributed by atoms with Gasteiger partial charge in [-0.1, -0.05) is 19.3 Å². The summed E-state index contributed by atoms with van der Waals surface area (Å²) in [6.45, 7) is 0.858. The maximum atomic E-state index is 11.3. The minimum absolute atomic E-state index is 0.0741. The van der Waals surface area contributed by atoms with E-state index in [0.29, 0.717) is 5.92 Å². The number of rotatable bonds is 3. The van der Waals surface area contributed by atoms with E-state index in [2.05, 4.69) is 5.32 Å². The van der Waals surface area contributed by atoms with Crippen molar-refractivity contribution in [2.75, 3.05) is 18.1 Å². The van der Waals surface area contributed by atoms with Crippen molar-refractivity contribution in [3.05, 3.63) is 0 Å². The molecule has 0 aromatic carbocycles. The predicted octanol–water partition coefficient (Wildman–Crippen LogP) is 0.314. The molecule has 2 unspecified atom stereocenters. The monoisotopic (exact) mass is 247 g/mol. The lowest BCUT2D eigenvalue weighted by Gasteiger charge is -2.24. The largest absolute Gasteiger partial charge is 0.390 e. The Morgan fingerprint density at radius 3 is 2.38 bits per heavy atom. The van der Waals surface area contributed by atoms with E-state index in [0.717, 1.165) is 6.54 Å². The zero-order valence-corrected chi connectivity index (χ0v) is 10.4. The second-order valence-electron chi connectivity index (χ2n) is 5.16. The van der Waals surface area contributed by atoms with Gasteiger partial charge in [-0.05, 0) is 25.3 Å². The van der Waals surface area contributed by atoms with Crippen LogP contribution in [-0.2, 0) is 9.84 Å². The standard InChI is InChI=1S/C11H21NO3S/c13-11-8-16(14,15)7-10(11)12-6-9-4-2-1-3-5-9/h9-13H,1-8H2. The quantitative estimate of drug-likeness (QED) is 0.753. The summed E-state index contributed by atoms with van der Waals surface area (Å²) in [6.07, 6.45) is 5.67. The molecule has 2 N–H and O–H groups in total. The number of aliphatic hydroxyl groups is 1. The lowest BCUT2D eigenvalue weighted by molar-refractivity contribution is 0.161. The first-order valence-corrected chi connectivity index (χ1v) is 8.01. The highest BCUT2D eigenvalue weighted by molar-refractivity contribution is 7.91. The third kappa shape index (κ3) is 3.18. The Labute approximate surface area is 97.3 Å². The van der Waals surface area contributed by atoms with E-state index < -0.39 is 15.9 Å². The topological polar surface area (TPSA) is 66.4 Å². The lowest BCUT2D eigenvalue weighted by Crippen LogP contribution is -2.41. The van der Waals surface area contributed by atoms with E-state index in [9.17, 15) is 13.5 Å². The van der Waals surface area contributed by atoms with Crippen molar-refractivity contribution in [3.63, 3.8) is 0 Å². The van der Waals surface area contributed by atoms with E-state index >= 15 is 0 Å². The van der Waals surface area contributed by atoms with Gasteiger partial charge in [0.25, 0.3) is 0 Å². The third-order valence-electron chi connectivity index (χ3n) is 3.72. The van der Waals surface area contributed by atoms with Gasteiger partial charge in [0.05, 0.1) is 17.6 Å². The minimum Gasteiger partial charge on any atom is -0.390 e. The molecule has 0 radical (unpaired) electrons. The Hall–Kier alpha value is -0.130. The average Bonchev–Trinajstić information content (AvgIpc) is 2.50. The molecular formula is C11H21NO3S. The van der Waals surface area contributed by atoms with Gasteiger partial charge in [-0.15, -0.1) is 0 Å². The Morgan fingerprint density at radius 2 is 1.81 bits per heavy atom. The second kappa shape index (κ2) is 5.02. The molecule has 94 valence electrons. The summed E-state index contributed by atoms with van der Waals surface area (Å²) in [5, 5.41) is 12.8. The predicted molar refractivity (Wildman–Crippen MR) is 63.0 cm³/mol. The smallest absolute Gasteiger partial charge is 0.154 e. The van der Waals surface area contributed by atoms with Gasteiger partial charge < -0.3 is 10.4 Å². The first-order chi connectivity index (χ1) is 7.57.